The first-order valence-corrected chi connectivity index (χ1v) is 6.59. The van der Waals surface area contributed by atoms with Crippen LogP contribution in [0.5, 0.6) is 0 Å². The summed E-state index contributed by atoms with van der Waals surface area (Å²) in [5, 5.41) is 6.44. The molecule has 2 rings (SSSR count). The first-order chi connectivity index (χ1) is 9.15. The smallest absolute Gasteiger partial charge is 0.191 e. The van der Waals surface area contributed by atoms with Gasteiger partial charge in [-0.3, -0.25) is 4.99 Å². The Morgan fingerprint density at radius 3 is 2.95 bits per heavy atom. The van der Waals surface area contributed by atoms with Crippen LogP contribution < -0.4 is 10.6 Å². The van der Waals surface area contributed by atoms with Crippen LogP contribution in [0.4, 0.5) is 4.39 Å². The first kappa shape index (κ1) is 13.8. The number of guanidine groups is 1. The molecule has 5 heteroatoms. The molecule has 2 N–H and O–H groups in total. The molecule has 1 aliphatic heterocycles. The van der Waals surface area contributed by atoms with E-state index in [1.54, 1.807) is 0 Å². The molecule has 19 heavy (non-hydrogen) atoms. The molecule has 1 aliphatic rings. The molecule has 0 saturated carbocycles. The molecule has 0 bridgehead atoms. The van der Waals surface area contributed by atoms with Crippen LogP contribution in [-0.2, 0) is 13.1 Å². The molecule has 104 valence electrons. The second kappa shape index (κ2) is 6.52. The highest BCUT2D eigenvalue weighted by atomic mass is 19.1. The van der Waals surface area contributed by atoms with E-state index >= 15 is 0 Å². The van der Waals surface area contributed by atoms with Crippen molar-refractivity contribution in [3.63, 3.8) is 0 Å². The second-order valence-electron chi connectivity index (χ2n) is 5.03. The molecule has 1 aromatic rings. The van der Waals surface area contributed by atoms with Gasteiger partial charge in [-0.25, -0.2) is 4.39 Å². The standard InChI is InChI=1S/C14H21FN4/c1-19(2)10-12-8-11(4-5-13(12)15)9-18-14-16-6-3-7-17-14/h4-5,8H,3,6-7,9-10H2,1-2H3,(H2,16,17,18). The number of rotatable bonds is 4. The van der Waals surface area contributed by atoms with Crippen molar-refractivity contribution in [1.82, 2.24) is 15.5 Å². The van der Waals surface area contributed by atoms with Crippen LogP contribution in [0.15, 0.2) is 23.2 Å². The van der Waals surface area contributed by atoms with Crippen molar-refractivity contribution < 1.29 is 4.39 Å². The van der Waals surface area contributed by atoms with E-state index in [4.69, 9.17) is 0 Å². The van der Waals surface area contributed by atoms with E-state index in [0.717, 1.165) is 36.6 Å². The van der Waals surface area contributed by atoms with Gasteiger partial charge in [0.2, 0.25) is 0 Å². The van der Waals surface area contributed by atoms with Gasteiger partial charge in [-0.05, 0) is 38.2 Å². The Bertz CT molecular complexity index is 457. The fourth-order valence-corrected chi connectivity index (χ4v) is 2.04. The Morgan fingerprint density at radius 2 is 2.26 bits per heavy atom. The Kier molecular flexibility index (Phi) is 4.74. The van der Waals surface area contributed by atoms with Crippen LogP contribution in [0.25, 0.3) is 0 Å². The predicted molar refractivity (Wildman–Crippen MR) is 75.6 cm³/mol. The van der Waals surface area contributed by atoms with Crippen LogP contribution in [0.2, 0.25) is 0 Å². The third-order valence-electron chi connectivity index (χ3n) is 2.95. The van der Waals surface area contributed by atoms with Crippen molar-refractivity contribution in [2.45, 2.75) is 19.5 Å². The van der Waals surface area contributed by atoms with Crippen molar-refractivity contribution in [2.24, 2.45) is 4.99 Å². The number of halogens is 1. The third kappa shape index (κ3) is 4.21. The SMILES string of the molecule is CN(C)Cc1cc(CNC2=NCCCN2)ccc1F. The zero-order chi connectivity index (χ0) is 13.7. The molecular weight excluding hydrogens is 243 g/mol. The van der Waals surface area contributed by atoms with Gasteiger partial charge in [-0.15, -0.1) is 0 Å². The Balaban J connectivity index is 1.98. The zero-order valence-electron chi connectivity index (χ0n) is 11.5. The summed E-state index contributed by atoms with van der Waals surface area (Å²) < 4.78 is 13.6. The van der Waals surface area contributed by atoms with E-state index in [-0.39, 0.29) is 5.82 Å². The maximum atomic E-state index is 13.6. The molecule has 0 aliphatic carbocycles. The summed E-state index contributed by atoms with van der Waals surface area (Å²) in [5.41, 5.74) is 1.79. The molecule has 0 spiro atoms. The van der Waals surface area contributed by atoms with Gasteiger partial charge in [0.1, 0.15) is 5.82 Å². The van der Waals surface area contributed by atoms with Crippen molar-refractivity contribution in [2.75, 3.05) is 27.2 Å². The molecule has 0 amide bonds. The molecule has 1 heterocycles. The molecule has 1 aromatic carbocycles. The van der Waals surface area contributed by atoms with Gasteiger partial charge in [0.25, 0.3) is 0 Å². The van der Waals surface area contributed by atoms with Crippen LogP contribution in [0.1, 0.15) is 17.5 Å². The minimum absolute atomic E-state index is 0.148. The van der Waals surface area contributed by atoms with Gasteiger partial charge >= 0.3 is 0 Å². The average Bonchev–Trinajstić information content (AvgIpc) is 2.40. The van der Waals surface area contributed by atoms with Crippen molar-refractivity contribution in [3.05, 3.63) is 35.1 Å². The predicted octanol–water partition coefficient (Wildman–Crippen LogP) is 1.33. The Hall–Kier alpha value is -1.62. The van der Waals surface area contributed by atoms with Crippen LogP contribution >= 0.6 is 0 Å². The molecule has 0 radical (unpaired) electrons. The Morgan fingerprint density at radius 1 is 1.42 bits per heavy atom. The minimum Gasteiger partial charge on any atom is -0.356 e. The van der Waals surface area contributed by atoms with E-state index in [1.807, 2.05) is 31.1 Å². The lowest BCUT2D eigenvalue weighted by molar-refractivity contribution is 0.392. The highest BCUT2D eigenvalue weighted by Gasteiger charge is 2.07. The fraction of sp³-hybridized carbons (Fsp3) is 0.500. The summed E-state index contributed by atoms with van der Waals surface area (Å²) in [4.78, 5) is 6.31. The third-order valence-corrected chi connectivity index (χ3v) is 2.95. The molecule has 0 unspecified atom stereocenters. The quantitative estimate of drug-likeness (QED) is 0.862. The topological polar surface area (TPSA) is 39.7 Å². The van der Waals surface area contributed by atoms with E-state index < -0.39 is 0 Å². The monoisotopic (exact) mass is 264 g/mol. The normalized spacial score (nSPS) is 15.1. The number of hydrogen-bond acceptors (Lipinski definition) is 4. The molecule has 0 atom stereocenters. The summed E-state index contributed by atoms with van der Waals surface area (Å²) in [7, 11) is 3.87. The molecular formula is C14H21FN4. The summed E-state index contributed by atoms with van der Waals surface area (Å²) in [6, 6.07) is 5.25. The van der Waals surface area contributed by atoms with Crippen molar-refractivity contribution >= 4 is 5.96 Å². The molecule has 0 saturated heterocycles. The average molecular weight is 264 g/mol. The summed E-state index contributed by atoms with van der Waals surface area (Å²) in [6.07, 6.45) is 1.08. The molecule has 4 nitrogen and oxygen atoms in total. The number of aliphatic imine (C=N–C) groups is 1. The zero-order valence-corrected chi connectivity index (χ0v) is 11.5. The first-order valence-electron chi connectivity index (χ1n) is 6.59. The van der Waals surface area contributed by atoms with E-state index in [1.165, 1.54) is 6.07 Å². The highest BCUT2D eigenvalue weighted by molar-refractivity contribution is 5.80. The van der Waals surface area contributed by atoms with E-state index in [0.29, 0.717) is 13.1 Å². The lowest BCUT2D eigenvalue weighted by Crippen LogP contribution is -2.40. The lowest BCUT2D eigenvalue weighted by atomic mass is 10.1. The number of nitrogens with one attached hydrogen (secondary N) is 2. The van der Waals surface area contributed by atoms with Gasteiger partial charge in [-0.1, -0.05) is 6.07 Å². The van der Waals surface area contributed by atoms with Crippen molar-refractivity contribution in [3.8, 4) is 0 Å². The van der Waals surface area contributed by atoms with E-state index in [9.17, 15) is 4.39 Å². The maximum Gasteiger partial charge on any atom is 0.191 e. The van der Waals surface area contributed by atoms with Crippen LogP contribution in [-0.4, -0.2) is 38.0 Å². The maximum absolute atomic E-state index is 13.6. The van der Waals surface area contributed by atoms with Gasteiger partial charge in [0.15, 0.2) is 5.96 Å². The minimum atomic E-state index is -0.148. The number of hydrogen-bond donors (Lipinski definition) is 2. The summed E-state index contributed by atoms with van der Waals surface area (Å²) in [6.45, 7) is 3.09. The van der Waals surface area contributed by atoms with Gasteiger partial charge < -0.3 is 15.5 Å². The molecule has 0 aromatic heterocycles. The number of benzene rings is 1. The second-order valence-corrected chi connectivity index (χ2v) is 5.03. The van der Waals surface area contributed by atoms with E-state index in [2.05, 4.69) is 15.6 Å². The summed E-state index contributed by atoms with van der Waals surface area (Å²) in [5.74, 6) is 0.690. The van der Waals surface area contributed by atoms with Gasteiger partial charge in [0.05, 0.1) is 0 Å². The van der Waals surface area contributed by atoms with Gasteiger partial charge in [0, 0.05) is 31.7 Å². The van der Waals surface area contributed by atoms with Crippen molar-refractivity contribution in [1.29, 1.82) is 0 Å². The van der Waals surface area contributed by atoms with Crippen LogP contribution in [0, 0.1) is 5.82 Å². The largest absolute Gasteiger partial charge is 0.356 e. The fourth-order valence-electron chi connectivity index (χ4n) is 2.04. The lowest BCUT2D eigenvalue weighted by Gasteiger charge is -2.17. The van der Waals surface area contributed by atoms with Crippen LogP contribution in [0.3, 0.4) is 0 Å². The highest BCUT2D eigenvalue weighted by Crippen LogP contribution is 2.12. The molecule has 0 fully saturated rings. The number of nitrogens with zero attached hydrogens (tertiary/aromatic N) is 2. The van der Waals surface area contributed by atoms with Gasteiger partial charge in [-0.2, -0.15) is 0 Å². The summed E-state index contributed by atoms with van der Waals surface area (Å²) >= 11 is 0. The Labute approximate surface area is 113 Å².